The number of hydrogen-bond donors (Lipinski definition) is 0. The average Bonchev–Trinajstić information content (AvgIpc) is 2.44. The highest BCUT2D eigenvalue weighted by atomic mass is 32.2. The van der Waals surface area contributed by atoms with Crippen molar-refractivity contribution in [1.82, 2.24) is 4.98 Å². The van der Waals surface area contributed by atoms with Crippen LogP contribution < -0.4 is 0 Å². The van der Waals surface area contributed by atoms with Gasteiger partial charge in [-0.2, -0.15) is 0 Å². The highest BCUT2D eigenvalue weighted by Gasteiger charge is 2.05. The van der Waals surface area contributed by atoms with Gasteiger partial charge in [-0.1, -0.05) is 30.3 Å². The molecule has 0 aliphatic heterocycles. The van der Waals surface area contributed by atoms with Crippen LogP contribution in [0.1, 0.15) is 11.3 Å². The van der Waals surface area contributed by atoms with Gasteiger partial charge in [0.05, 0.1) is 5.52 Å². The number of nitrogens with zero attached hydrogens (tertiary/aromatic N) is 1. The molecule has 3 aromatic rings. The second kappa shape index (κ2) is 5.63. The lowest BCUT2D eigenvalue weighted by Crippen LogP contribution is -1.88. The van der Waals surface area contributed by atoms with Gasteiger partial charge in [0.15, 0.2) is 0 Å². The fourth-order valence-electron chi connectivity index (χ4n) is 2.18. The van der Waals surface area contributed by atoms with Gasteiger partial charge in [0.2, 0.25) is 0 Å². The lowest BCUT2D eigenvalue weighted by molar-refractivity contribution is 0.626. The van der Waals surface area contributed by atoms with E-state index in [-0.39, 0.29) is 5.82 Å². The summed E-state index contributed by atoms with van der Waals surface area (Å²) in [5.74, 6) is 0.574. The number of pyridine rings is 1. The smallest absolute Gasteiger partial charge is 0.123 e. The zero-order valence-electron chi connectivity index (χ0n) is 11.1. The van der Waals surface area contributed by atoms with Gasteiger partial charge in [-0.05, 0) is 36.8 Å². The van der Waals surface area contributed by atoms with Crippen molar-refractivity contribution in [3.63, 3.8) is 0 Å². The molecule has 1 nitrogen and oxygen atoms in total. The van der Waals surface area contributed by atoms with Crippen molar-refractivity contribution in [1.29, 1.82) is 0 Å². The molecule has 3 rings (SSSR count). The molecule has 0 atom stereocenters. The monoisotopic (exact) mass is 283 g/mol. The van der Waals surface area contributed by atoms with Gasteiger partial charge in [0.25, 0.3) is 0 Å². The number of para-hydroxylation sites is 1. The topological polar surface area (TPSA) is 12.9 Å². The summed E-state index contributed by atoms with van der Waals surface area (Å²) in [6.45, 7) is 2.00. The fourth-order valence-corrected chi connectivity index (χ4v) is 3.26. The number of hydrogen-bond acceptors (Lipinski definition) is 2. The highest BCUT2D eigenvalue weighted by molar-refractivity contribution is 7.98. The molecule has 0 N–H and O–H groups in total. The summed E-state index contributed by atoms with van der Waals surface area (Å²) in [5, 5.41) is 1.15. The first-order valence-corrected chi connectivity index (χ1v) is 7.44. The van der Waals surface area contributed by atoms with Crippen LogP contribution in [-0.2, 0) is 5.75 Å². The molecule has 0 saturated carbocycles. The largest absolute Gasteiger partial charge is 0.253 e. The predicted molar refractivity (Wildman–Crippen MR) is 82.4 cm³/mol. The van der Waals surface area contributed by atoms with Crippen LogP contribution in [0.4, 0.5) is 4.39 Å². The maximum Gasteiger partial charge on any atom is 0.123 e. The number of aryl methyl sites for hydroxylation is 1. The van der Waals surface area contributed by atoms with Gasteiger partial charge >= 0.3 is 0 Å². The lowest BCUT2D eigenvalue weighted by Gasteiger charge is -2.07. The Morgan fingerprint density at radius 2 is 1.90 bits per heavy atom. The predicted octanol–water partition coefficient (Wildman–Crippen LogP) is 4.97. The van der Waals surface area contributed by atoms with Crippen molar-refractivity contribution in [2.24, 2.45) is 0 Å². The molecule has 0 aliphatic carbocycles. The molecule has 0 bridgehead atoms. The van der Waals surface area contributed by atoms with Crippen molar-refractivity contribution in [2.45, 2.75) is 17.6 Å². The molecule has 0 aliphatic rings. The van der Waals surface area contributed by atoms with E-state index in [2.05, 4.69) is 17.1 Å². The number of aromatic nitrogens is 1. The van der Waals surface area contributed by atoms with E-state index in [1.807, 2.05) is 31.2 Å². The van der Waals surface area contributed by atoms with Crippen LogP contribution in [0.2, 0.25) is 0 Å². The summed E-state index contributed by atoms with van der Waals surface area (Å²) >= 11 is 1.72. The van der Waals surface area contributed by atoms with Crippen LogP contribution in [0, 0.1) is 12.7 Å². The van der Waals surface area contributed by atoms with Crippen LogP contribution >= 0.6 is 11.8 Å². The fraction of sp³-hybridized carbons (Fsp3) is 0.118. The van der Waals surface area contributed by atoms with E-state index in [1.54, 1.807) is 23.9 Å². The molecular weight excluding hydrogens is 269 g/mol. The Morgan fingerprint density at radius 3 is 2.75 bits per heavy atom. The Hall–Kier alpha value is -1.87. The van der Waals surface area contributed by atoms with Crippen molar-refractivity contribution < 1.29 is 4.39 Å². The van der Waals surface area contributed by atoms with E-state index in [0.717, 1.165) is 27.9 Å². The summed E-state index contributed by atoms with van der Waals surface area (Å²) in [5.41, 5.74) is 3.01. The molecular formula is C17H14FNS. The molecule has 20 heavy (non-hydrogen) atoms. The Bertz CT molecular complexity index is 755. The summed E-state index contributed by atoms with van der Waals surface area (Å²) < 4.78 is 13.2. The summed E-state index contributed by atoms with van der Waals surface area (Å²) in [7, 11) is 0. The van der Waals surface area contributed by atoms with Crippen LogP contribution in [0.25, 0.3) is 10.9 Å². The quantitative estimate of drug-likeness (QED) is 0.629. The van der Waals surface area contributed by atoms with Gasteiger partial charge in [0, 0.05) is 21.7 Å². The maximum absolute atomic E-state index is 13.2. The van der Waals surface area contributed by atoms with Gasteiger partial charge in [-0.3, -0.25) is 4.98 Å². The summed E-state index contributed by atoms with van der Waals surface area (Å²) in [6, 6.07) is 17.0. The Labute approximate surface area is 121 Å². The van der Waals surface area contributed by atoms with Crippen LogP contribution in [-0.4, -0.2) is 4.98 Å². The van der Waals surface area contributed by atoms with Gasteiger partial charge in [0.1, 0.15) is 5.82 Å². The van der Waals surface area contributed by atoms with E-state index in [1.165, 1.54) is 11.0 Å². The molecule has 0 unspecified atom stereocenters. The van der Waals surface area contributed by atoms with Crippen LogP contribution in [0.3, 0.4) is 0 Å². The average molecular weight is 283 g/mol. The van der Waals surface area contributed by atoms with Crippen molar-refractivity contribution >= 4 is 22.7 Å². The first-order valence-electron chi connectivity index (χ1n) is 6.46. The van der Waals surface area contributed by atoms with Crippen molar-refractivity contribution in [2.75, 3.05) is 0 Å². The molecule has 1 aromatic heterocycles. The normalized spacial score (nSPS) is 10.9. The third kappa shape index (κ3) is 2.83. The molecule has 100 valence electrons. The molecule has 0 saturated heterocycles. The van der Waals surface area contributed by atoms with Gasteiger partial charge in [-0.25, -0.2) is 4.39 Å². The zero-order chi connectivity index (χ0) is 13.9. The SMILES string of the molecule is Cc1cc(SCc2cccc(F)c2)c2ccccc2n1. The van der Waals surface area contributed by atoms with Gasteiger partial charge in [-0.15, -0.1) is 11.8 Å². The number of halogens is 1. The van der Waals surface area contributed by atoms with Crippen LogP contribution in [0.15, 0.2) is 59.5 Å². The van der Waals surface area contributed by atoms with Crippen molar-refractivity contribution in [3.8, 4) is 0 Å². The van der Waals surface area contributed by atoms with E-state index >= 15 is 0 Å². The Balaban J connectivity index is 1.91. The molecule has 0 amide bonds. The number of rotatable bonds is 3. The second-order valence-electron chi connectivity index (χ2n) is 4.70. The molecule has 0 fully saturated rings. The standard InChI is InChI=1S/C17H14FNS/c1-12-9-17(15-7-2-3-8-16(15)19-12)20-11-13-5-4-6-14(18)10-13/h2-10H,11H2,1H3. The molecule has 0 spiro atoms. The summed E-state index contributed by atoms with van der Waals surface area (Å²) in [6.07, 6.45) is 0. The molecule has 1 heterocycles. The maximum atomic E-state index is 13.2. The third-order valence-electron chi connectivity index (χ3n) is 3.09. The Kier molecular flexibility index (Phi) is 3.70. The third-order valence-corrected chi connectivity index (χ3v) is 4.22. The minimum Gasteiger partial charge on any atom is -0.253 e. The highest BCUT2D eigenvalue weighted by Crippen LogP contribution is 2.30. The Morgan fingerprint density at radius 1 is 1.05 bits per heavy atom. The first-order chi connectivity index (χ1) is 9.72. The summed E-state index contributed by atoms with van der Waals surface area (Å²) in [4.78, 5) is 5.72. The molecule has 3 heteroatoms. The zero-order valence-corrected chi connectivity index (χ0v) is 12.0. The minimum absolute atomic E-state index is 0.182. The van der Waals surface area contributed by atoms with Crippen molar-refractivity contribution in [3.05, 3.63) is 71.7 Å². The number of benzene rings is 2. The number of thioether (sulfide) groups is 1. The molecule has 2 aromatic carbocycles. The van der Waals surface area contributed by atoms with E-state index in [0.29, 0.717) is 0 Å². The minimum atomic E-state index is -0.182. The van der Waals surface area contributed by atoms with Gasteiger partial charge < -0.3 is 0 Å². The number of fused-ring (bicyclic) bond motifs is 1. The lowest BCUT2D eigenvalue weighted by atomic mass is 10.2. The molecule has 0 radical (unpaired) electrons. The van der Waals surface area contributed by atoms with E-state index in [9.17, 15) is 4.39 Å². The van der Waals surface area contributed by atoms with E-state index in [4.69, 9.17) is 0 Å². The van der Waals surface area contributed by atoms with Crippen LogP contribution in [0.5, 0.6) is 0 Å². The van der Waals surface area contributed by atoms with E-state index < -0.39 is 0 Å². The second-order valence-corrected chi connectivity index (χ2v) is 5.71. The first kappa shape index (κ1) is 13.1.